The summed E-state index contributed by atoms with van der Waals surface area (Å²) >= 11 is 0. The van der Waals surface area contributed by atoms with Gasteiger partial charge in [0.25, 0.3) is 0 Å². The minimum Gasteiger partial charge on any atom is -0.394 e. The lowest BCUT2D eigenvalue weighted by atomic mass is 9.70. The molecule has 3 rings (SSSR count). The minimum atomic E-state index is -4.38. The van der Waals surface area contributed by atoms with Crippen LogP contribution in [0.2, 0.25) is 0 Å². The van der Waals surface area contributed by atoms with E-state index < -0.39 is 17.3 Å². The fourth-order valence-electron chi connectivity index (χ4n) is 5.08. The van der Waals surface area contributed by atoms with Crippen LogP contribution in [0, 0.1) is 17.8 Å². The average molecular weight is 483 g/mol. The zero-order valence-electron chi connectivity index (χ0n) is 19.9. The second kappa shape index (κ2) is 11.2. The number of alkyl halides is 3. The molecule has 0 saturated heterocycles. The zero-order chi connectivity index (χ0) is 24.9. The highest BCUT2D eigenvalue weighted by Gasteiger charge is 2.39. The molecule has 5 atom stereocenters. The van der Waals surface area contributed by atoms with E-state index in [2.05, 4.69) is 29.7 Å². The van der Waals surface area contributed by atoms with Crippen LogP contribution in [0.3, 0.4) is 0 Å². The van der Waals surface area contributed by atoms with E-state index in [0.717, 1.165) is 31.0 Å². The van der Waals surface area contributed by atoms with E-state index in [-0.39, 0.29) is 49.5 Å². The number of hydrogen-bond acceptors (Lipinski definition) is 5. The van der Waals surface area contributed by atoms with Gasteiger partial charge >= 0.3 is 6.18 Å². The van der Waals surface area contributed by atoms with Crippen molar-refractivity contribution in [2.75, 3.05) is 31.7 Å². The molecule has 0 aromatic heterocycles. The van der Waals surface area contributed by atoms with Gasteiger partial charge in [0.1, 0.15) is 0 Å². The first-order valence-corrected chi connectivity index (χ1v) is 12.0. The summed E-state index contributed by atoms with van der Waals surface area (Å²) in [5.41, 5.74) is -0.263. The van der Waals surface area contributed by atoms with Crippen LogP contribution in [-0.2, 0) is 6.18 Å². The molecule has 1 unspecified atom stereocenters. The van der Waals surface area contributed by atoms with Crippen molar-refractivity contribution >= 4 is 5.69 Å². The number of benzene rings is 1. The lowest BCUT2D eigenvalue weighted by Gasteiger charge is -2.43. The second-order valence-corrected chi connectivity index (χ2v) is 9.95. The topological polar surface area (TPSA) is 84.8 Å². The van der Waals surface area contributed by atoms with Gasteiger partial charge in [-0.15, -0.1) is 0 Å². The summed E-state index contributed by atoms with van der Waals surface area (Å²) < 4.78 is 40.1. The number of anilines is 1. The molecule has 0 amide bonds. The molecule has 0 bridgehead atoms. The van der Waals surface area contributed by atoms with E-state index >= 15 is 0 Å². The van der Waals surface area contributed by atoms with E-state index in [9.17, 15) is 28.5 Å². The van der Waals surface area contributed by atoms with Crippen LogP contribution in [0.5, 0.6) is 0 Å². The summed E-state index contributed by atoms with van der Waals surface area (Å²) in [7, 11) is 0. The van der Waals surface area contributed by atoms with Crippen molar-refractivity contribution in [3.05, 3.63) is 53.6 Å². The predicted molar refractivity (Wildman–Crippen MR) is 128 cm³/mol. The Balaban J connectivity index is 1.77. The smallest absolute Gasteiger partial charge is 0.394 e. The number of fused-ring (bicyclic) bond motifs is 1. The SMILES string of the molecule is C[C@H](CC[C@@H]1[C@H](C)c2cc(C(F)(F)F)ccc2N[C@H]1C1C=CC=CC1)CNC(CO)(CO)CO. The number of aliphatic hydroxyl groups excluding tert-OH is 3. The van der Waals surface area contributed by atoms with Crippen molar-refractivity contribution < 1.29 is 28.5 Å². The van der Waals surface area contributed by atoms with Gasteiger partial charge < -0.3 is 26.0 Å². The molecule has 0 saturated carbocycles. The molecular formula is C26H37F3N2O3. The molecule has 0 fully saturated rings. The Morgan fingerprint density at radius 3 is 2.41 bits per heavy atom. The third kappa shape index (κ3) is 6.03. The van der Waals surface area contributed by atoms with Gasteiger partial charge in [-0.1, -0.05) is 38.2 Å². The van der Waals surface area contributed by atoms with E-state index in [0.29, 0.717) is 12.1 Å². The van der Waals surface area contributed by atoms with Crippen LogP contribution in [0.15, 0.2) is 42.5 Å². The Labute approximate surface area is 199 Å². The normalized spacial score (nSPS) is 25.6. The maximum Gasteiger partial charge on any atom is 0.416 e. The monoisotopic (exact) mass is 482 g/mol. The maximum absolute atomic E-state index is 13.4. The quantitative estimate of drug-likeness (QED) is 0.347. The van der Waals surface area contributed by atoms with Crippen LogP contribution < -0.4 is 10.6 Å². The Kier molecular flexibility index (Phi) is 8.84. The fourth-order valence-corrected chi connectivity index (χ4v) is 5.08. The van der Waals surface area contributed by atoms with Crippen molar-refractivity contribution in [3.8, 4) is 0 Å². The number of rotatable bonds is 10. The Morgan fingerprint density at radius 1 is 1.12 bits per heavy atom. The van der Waals surface area contributed by atoms with Crippen LogP contribution in [0.25, 0.3) is 0 Å². The second-order valence-electron chi connectivity index (χ2n) is 9.95. The van der Waals surface area contributed by atoms with Gasteiger partial charge in [-0.3, -0.25) is 0 Å². The summed E-state index contributed by atoms with van der Waals surface area (Å²) in [4.78, 5) is 0. The Hall–Kier alpha value is -1.87. The number of halogens is 3. The average Bonchev–Trinajstić information content (AvgIpc) is 2.84. The summed E-state index contributed by atoms with van der Waals surface area (Å²) in [5, 5.41) is 35.2. The molecule has 1 aromatic rings. The van der Waals surface area contributed by atoms with E-state index in [1.165, 1.54) is 6.07 Å². The fraction of sp³-hybridized carbons (Fsp3) is 0.615. The van der Waals surface area contributed by atoms with Gasteiger partial charge in [0.2, 0.25) is 0 Å². The molecule has 0 radical (unpaired) electrons. The minimum absolute atomic E-state index is 0.0468. The lowest BCUT2D eigenvalue weighted by molar-refractivity contribution is -0.137. The molecule has 2 aliphatic rings. The first-order valence-electron chi connectivity index (χ1n) is 12.0. The molecular weight excluding hydrogens is 445 g/mol. The summed E-state index contributed by atoms with van der Waals surface area (Å²) in [6, 6.07) is 4.10. The van der Waals surface area contributed by atoms with Crippen molar-refractivity contribution in [3.63, 3.8) is 0 Å². The van der Waals surface area contributed by atoms with E-state index in [1.807, 2.05) is 19.1 Å². The predicted octanol–water partition coefficient (Wildman–Crippen LogP) is 4.07. The van der Waals surface area contributed by atoms with Crippen molar-refractivity contribution in [2.45, 2.75) is 56.8 Å². The summed E-state index contributed by atoms with van der Waals surface area (Å²) in [6.07, 6.45) is 6.49. The highest BCUT2D eigenvalue weighted by molar-refractivity contribution is 5.58. The molecule has 1 aliphatic heterocycles. The zero-order valence-corrected chi connectivity index (χ0v) is 19.9. The highest BCUT2D eigenvalue weighted by atomic mass is 19.4. The van der Waals surface area contributed by atoms with Gasteiger partial charge in [0.05, 0.1) is 30.9 Å². The van der Waals surface area contributed by atoms with Gasteiger partial charge in [0, 0.05) is 17.6 Å². The molecule has 190 valence electrons. The molecule has 0 spiro atoms. The first kappa shape index (κ1) is 26.7. The van der Waals surface area contributed by atoms with Gasteiger partial charge in [-0.05, 0) is 67.3 Å². The Morgan fingerprint density at radius 2 is 1.82 bits per heavy atom. The molecule has 34 heavy (non-hydrogen) atoms. The van der Waals surface area contributed by atoms with Crippen molar-refractivity contribution in [2.24, 2.45) is 17.8 Å². The van der Waals surface area contributed by atoms with Crippen molar-refractivity contribution in [1.29, 1.82) is 0 Å². The Bertz CT molecular complexity index is 859. The number of aliphatic hydroxyl groups is 3. The van der Waals surface area contributed by atoms with Gasteiger partial charge in [-0.25, -0.2) is 0 Å². The molecule has 1 heterocycles. The van der Waals surface area contributed by atoms with Crippen LogP contribution in [-0.4, -0.2) is 53.3 Å². The molecule has 1 aromatic carbocycles. The van der Waals surface area contributed by atoms with Crippen molar-refractivity contribution in [1.82, 2.24) is 5.32 Å². The maximum atomic E-state index is 13.4. The van der Waals surface area contributed by atoms with E-state index in [4.69, 9.17) is 0 Å². The van der Waals surface area contributed by atoms with E-state index in [1.54, 1.807) is 6.07 Å². The number of nitrogens with one attached hydrogen (secondary N) is 2. The van der Waals surface area contributed by atoms with Gasteiger partial charge in [-0.2, -0.15) is 13.2 Å². The number of hydrogen-bond donors (Lipinski definition) is 5. The molecule has 8 heteroatoms. The molecule has 5 nitrogen and oxygen atoms in total. The largest absolute Gasteiger partial charge is 0.416 e. The third-order valence-corrected chi connectivity index (χ3v) is 7.50. The highest BCUT2D eigenvalue weighted by Crippen LogP contribution is 2.45. The molecule has 5 N–H and O–H groups in total. The summed E-state index contributed by atoms with van der Waals surface area (Å²) in [5.74, 6) is 0.529. The van der Waals surface area contributed by atoms with Crippen LogP contribution in [0.1, 0.15) is 50.2 Å². The lowest BCUT2D eigenvalue weighted by Crippen LogP contribution is -2.55. The van der Waals surface area contributed by atoms with Gasteiger partial charge in [0.15, 0.2) is 0 Å². The standard InChI is InChI=1S/C26H37F3N2O3/c1-17(13-30-25(14-32,15-33)16-34)8-10-21-18(2)22-12-20(26(27,28)29)9-11-23(22)31-24(21)19-6-4-3-5-7-19/h3-6,9,11-12,17-19,21,24,30-34H,7-8,10,13-16H2,1-2H3/t17-,18+,19?,21-,24+/m1/s1. The molecule has 1 aliphatic carbocycles. The number of allylic oxidation sites excluding steroid dienone is 3. The van der Waals surface area contributed by atoms with Crippen LogP contribution >= 0.6 is 0 Å². The van der Waals surface area contributed by atoms with Crippen LogP contribution in [0.4, 0.5) is 18.9 Å². The first-order chi connectivity index (χ1) is 16.1. The summed E-state index contributed by atoms with van der Waals surface area (Å²) in [6.45, 7) is 3.45. The third-order valence-electron chi connectivity index (χ3n) is 7.50.